The van der Waals surface area contributed by atoms with Crippen LogP contribution in [-0.2, 0) is 4.79 Å². The second-order valence-corrected chi connectivity index (χ2v) is 4.58. The van der Waals surface area contributed by atoms with Crippen LogP contribution in [0.15, 0.2) is 18.2 Å². The van der Waals surface area contributed by atoms with Gasteiger partial charge >= 0.3 is 11.9 Å². The summed E-state index contributed by atoms with van der Waals surface area (Å²) in [5.41, 5.74) is 0.293. The monoisotopic (exact) mass is 252 g/mol. The van der Waals surface area contributed by atoms with Crippen molar-refractivity contribution in [3.8, 4) is 0 Å². The van der Waals surface area contributed by atoms with Gasteiger partial charge < -0.3 is 10.2 Å². The Kier molecular flexibility index (Phi) is 3.32. The Morgan fingerprint density at radius 3 is 2.50 bits per heavy atom. The lowest BCUT2D eigenvalue weighted by atomic mass is 9.87. The highest BCUT2D eigenvalue weighted by molar-refractivity contribution is 5.90. The van der Waals surface area contributed by atoms with Crippen LogP contribution in [0.25, 0.3) is 0 Å². The Morgan fingerprint density at radius 2 is 2.00 bits per heavy atom. The molecule has 0 saturated heterocycles. The molecule has 1 aromatic carbocycles. The Bertz CT molecular complexity index is 494. The van der Waals surface area contributed by atoms with Crippen LogP contribution in [-0.4, -0.2) is 22.2 Å². The third-order valence-electron chi connectivity index (χ3n) is 3.23. The van der Waals surface area contributed by atoms with E-state index in [-0.39, 0.29) is 23.8 Å². The summed E-state index contributed by atoms with van der Waals surface area (Å²) in [4.78, 5) is 21.9. The van der Waals surface area contributed by atoms with Gasteiger partial charge in [-0.1, -0.05) is 6.07 Å². The number of carbonyl (C=O) groups is 2. The molecule has 2 rings (SSSR count). The highest BCUT2D eigenvalue weighted by Gasteiger charge is 2.35. The predicted molar refractivity (Wildman–Crippen MR) is 61.1 cm³/mol. The normalized spacial score (nSPS) is 16.3. The third-order valence-corrected chi connectivity index (χ3v) is 3.23. The average molecular weight is 252 g/mol. The molecule has 0 radical (unpaired) electrons. The topological polar surface area (TPSA) is 74.6 Å². The smallest absolute Gasteiger partial charge is 0.336 e. The number of hydrogen-bond donors (Lipinski definition) is 2. The SMILES string of the molecule is O=C(O)CC(c1ccc(F)cc1C(=O)O)C1CC1. The van der Waals surface area contributed by atoms with Crippen molar-refractivity contribution in [2.45, 2.75) is 25.2 Å². The van der Waals surface area contributed by atoms with E-state index in [0.29, 0.717) is 5.56 Å². The van der Waals surface area contributed by atoms with Crippen LogP contribution < -0.4 is 0 Å². The molecule has 0 aromatic heterocycles. The van der Waals surface area contributed by atoms with Crippen LogP contribution in [0.4, 0.5) is 4.39 Å². The lowest BCUT2D eigenvalue weighted by molar-refractivity contribution is -0.137. The molecule has 1 saturated carbocycles. The molecule has 2 N–H and O–H groups in total. The molecule has 0 aliphatic heterocycles. The first-order valence-corrected chi connectivity index (χ1v) is 5.73. The third kappa shape index (κ3) is 2.67. The van der Waals surface area contributed by atoms with Gasteiger partial charge in [-0.3, -0.25) is 4.79 Å². The van der Waals surface area contributed by atoms with E-state index in [1.54, 1.807) is 0 Å². The largest absolute Gasteiger partial charge is 0.481 e. The van der Waals surface area contributed by atoms with E-state index in [1.165, 1.54) is 12.1 Å². The standard InChI is InChI=1S/C13H13FO4/c14-8-3-4-9(11(5-8)13(17)18)10(6-12(15)16)7-1-2-7/h3-5,7,10H,1-2,6H2,(H,15,16)(H,17,18). The lowest BCUT2D eigenvalue weighted by Crippen LogP contribution is -2.13. The van der Waals surface area contributed by atoms with Gasteiger partial charge in [-0.25, -0.2) is 9.18 Å². The molecule has 0 amide bonds. The zero-order valence-electron chi connectivity index (χ0n) is 9.60. The van der Waals surface area contributed by atoms with Gasteiger partial charge in [0.2, 0.25) is 0 Å². The number of benzene rings is 1. The van der Waals surface area contributed by atoms with E-state index in [2.05, 4.69) is 0 Å². The number of carboxylic acids is 2. The molecule has 1 atom stereocenters. The van der Waals surface area contributed by atoms with Gasteiger partial charge in [0.1, 0.15) is 5.82 Å². The van der Waals surface area contributed by atoms with E-state index < -0.39 is 17.8 Å². The van der Waals surface area contributed by atoms with E-state index in [4.69, 9.17) is 10.2 Å². The van der Waals surface area contributed by atoms with Crippen molar-refractivity contribution in [1.82, 2.24) is 0 Å². The van der Waals surface area contributed by atoms with Crippen molar-refractivity contribution in [3.05, 3.63) is 35.1 Å². The molecule has 0 heterocycles. The van der Waals surface area contributed by atoms with Gasteiger partial charge in [0.25, 0.3) is 0 Å². The molecule has 0 spiro atoms. The zero-order chi connectivity index (χ0) is 13.3. The number of carboxylic acid groups (broad SMARTS) is 2. The fraction of sp³-hybridized carbons (Fsp3) is 0.385. The van der Waals surface area contributed by atoms with Crippen molar-refractivity contribution in [3.63, 3.8) is 0 Å². The van der Waals surface area contributed by atoms with Gasteiger partial charge in [-0.2, -0.15) is 0 Å². The quantitative estimate of drug-likeness (QED) is 0.844. The molecule has 4 nitrogen and oxygen atoms in total. The number of halogens is 1. The second kappa shape index (κ2) is 4.76. The fourth-order valence-electron chi connectivity index (χ4n) is 2.25. The van der Waals surface area contributed by atoms with E-state index in [1.807, 2.05) is 0 Å². The van der Waals surface area contributed by atoms with Crippen LogP contribution in [0.1, 0.15) is 41.1 Å². The highest BCUT2D eigenvalue weighted by atomic mass is 19.1. The first-order chi connectivity index (χ1) is 8.49. The first kappa shape index (κ1) is 12.5. The van der Waals surface area contributed by atoms with E-state index >= 15 is 0 Å². The summed E-state index contributed by atoms with van der Waals surface area (Å²) in [5, 5.41) is 17.9. The van der Waals surface area contributed by atoms with Crippen molar-refractivity contribution >= 4 is 11.9 Å². The lowest BCUT2D eigenvalue weighted by Gasteiger charge is -2.16. The van der Waals surface area contributed by atoms with Crippen LogP contribution >= 0.6 is 0 Å². The number of aliphatic carboxylic acids is 1. The Labute approximate surface area is 103 Å². The van der Waals surface area contributed by atoms with Gasteiger partial charge in [0.05, 0.1) is 12.0 Å². The summed E-state index contributed by atoms with van der Waals surface area (Å²) >= 11 is 0. The molecule has 1 aromatic rings. The zero-order valence-corrected chi connectivity index (χ0v) is 9.60. The van der Waals surface area contributed by atoms with Crippen LogP contribution in [0.3, 0.4) is 0 Å². The van der Waals surface area contributed by atoms with Gasteiger partial charge in [-0.05, 0) is 42.4 Å². The van der Waals surface area contributed by atoms with E-state index in [9.17, 15) is 14.0 Å². The van der Waals surface area contributed by atoms with Crippen LogP contribution in [0, 0.1) is 11.7 Å². The average Bonchev–Trinajstić information content (AvgIpc) is 3.09. The summed E-state index contributed by atoms with van der Waals surface area (Å²) in [6.45, 7) is 0. The minimum atomic E-state index is -1.22. The molecule has 96 valence electrons. The Morgan fingerprint density at radius 1 is 1.33 bits per heavy atom. The maximum atomic E-state index is 13.1. The molecular weight excluding hydrogens is 239 g/mol. The van der Waals surface area contributed by atoms with Crippen LogP contribution in [0.2, 0.25) is 0 Å². The Hall–Kier alpha value is -1.91. The first-order valence-electron chi connectivity index (χ1n) is 5.73. The molecule has 18 heavy (non-hydrogen) atoms. The van der Waals surface area contributed by atoms with Crippen molar-refractivity contribution in [2.24, 2.45) is 5.92 Å². The minimum absolute atomic E-state index is 0.115. The molecule has 1 aliphatic rings. The summed E-state index contributed by atoms with van der Waals surface area (Å²) < 4.78 is 13.1. The maximum absolute atomic E-state index is 13.1. The predicted octanol–water partition coefficient (Wildman–Crippen LogP) is 2.49. The van der Waals surface area contributed by atoms with Crippen molar-refractivity contribution in [1.29, 1.82) is 0 Å². The van der Waals surface area contributed by atoms with Gasteiger partial charge in [0, 0.05) is 0 Å². The molecular formula is C13H13FO4. The molecule has 1 unspecified atom stereocenters. The Balaban J connectivity index is 2.40. The highest BCUT2D eigenvalue weighted by Crippen LogP contribution is 2.45. The number of rotatable bonds is 5. The minimum Gasteiger partial charge on any atom is -0.481 e. The number of aromatic carboxylic acids is 1. The summed E-state index contributed by atoms with van der Waals surface area (Å²) in [6, 6.07) is 3.53. The van der Waals surface area contributed by atoms with Crippen molar-refractivity contribution in [2.75, 3.05) is 0 Å². The molecule has 5 heteroatoms. The van der Waals surface area contributed by atoms with E-state index in [0.717, 1.165) is 18.9 Å². The molecule has 0 bridgehead atoms. The summed E-state index contributed by atoms with van der Waals surface area (Å²) in [5.74, 6) is -2.95. The summed E-state index contributed by atoms with van der Waals surface area (Å²) in [6.07, 6.45) is 1.68. The summed E-state index contributed by atoms with van der Waals surface area (Å²) in [7, 11) is 0. The van der Waals surface area contributed by atoms with Gasteiger partial charge in [-0.15, -0.1) is 0 Å². The molecule has 1 aliphatic carbocycles. The van der Waals surface area contributed by atoms with Gasteiger partial charge in [0.15, 0.2) is 0 Å². The fourth-order valence-corrected chi connectivity index (χ4v) is 2.25. The van der Waals surface area contributed by atoms with Crippen LogP contribution in [0.5, 0.6) is 0 Å². The maximum Gasteiger partial charge on any atom is 0.336 e. The number of hydrogen-bond acceptors (Lipinski definition) is 2. The second-order valence-electron chi connectivity index (χ2n) is 4.58. The van der Waals surface area contributed by atoms with Crippen molar-refractivity contribution < 1.29 is 24.2 Å². The molecule has 1 fully saturated rings.